The Labute approximate surface area is 203 Å². The molecule has 0 saturated carbocycles. The Bertz CT molecular complexity index is 954. The molecular weight excluding hydrogens is 428 g/mol. The molecule has 2 rings (SSSR count). The summed E-state index contributed by atoms with van der Waals surface area (Å²) < 4.78 is 0. The summed E-state index contributed by atoms with van der Waals surface area (Å²) >= 11 is 0. The van der Waals surface area contributed by atoms with Crippen LogP contribution in [0.25, 0.3) is 0 Å². The number of benzene rings is 2. The lowest BCUT2D eigenvalue weighted by molar-refractivity contribution is -0.121. The molecule has 0 aliphatic rings. The predicted molar refractivity (Wildman–Crippen MR) is 141 cm³/mol. The van der Waals surface area contributed by atoms with Gasteiger partial charge in [-0.1, -0.05) is 24.3 Å². The van der Waals surface area contributed by atoms with Crippen LogP contribution in [0, 0.1) is 0 Å². The van der Waals surface area contributed by atoms with Crippen LogP contribution in [-0.2, 0) is 11.3 Å². The van der Waals surface area contributed by atoms with Gasteiger partial charge in [-0.3, -0.25) is 14.7 Å². The molecule has 0 aromatic heterocycles. The highest BCUT2D eigenvalue weighted by Gasteiger charge is 2.09. The summed E-state index contributed by atoms with van der Waals surface area (Å²) in [7, 11) is 5.74. The molecule has 8 heteroatoms. The third-order valence-electron chi connectivity index (χ3n) is 5.52. The van der Waals surface area contributed by atoms with Gasteiger partial charge in [0.2, 0.25) is 0 Å². The van der Waals surface area contributed by atoms with E-state index in [-0.39, 0.29) is 18.2 Å². The zero-order chi connectivity index (χ0) is 24.9. The van der Waals surface area contributed by atoms with Crippen molar-refractivity contribution in [3.05, 3.63) is 59.2 Å². The van der Waals surface area contributed by atoms with Crippen molar-refractivity contribution in [1.29, 1.82) is 0 Å². The van der Waals surface area contributed by atoms with Crippen molar-refractivity contribution in [2.45, 2.75) is 20.4 Å². The topological polar surface area (TPSA) is 83.8 Å². The van der Waals surface area contributed by atoms with Gasteiger partial charge in [-0.15, -0.1) is 0 Å². The van der Waals surface area contributed by atoms with Gasteiger partial charge >= 0.3 is 0 Å². The molecule has 8 nitrogen and oxygen atoms in total. The van der Waals surface area contributed by atoms with Crippen LogP contribution in [-0.4, -0.2) is 87.1 Å². The van der Waals surface area contributed by atoms with Gasteiger partial charge in [-0.2, -0.15) is 5.10 Å². The number of carbonyl (C=O) groups is 1. The number of aromatic hydroxyl groups is 1. The number of hydrogen-bond donors (Lipinski definition) is 2. The lowest BCUT2D eigenvalue weighted by Crippen LogP contribution is -2.37. The van der Waals surface area contributed by atoms with E-state index in [0.717, 1.165) is 44.0 Å². The second kappa shape index (κ2) is 14.1. The first kappa shape index (κ1) is 27.0. The number of phenols is 1. The summed E-state index contributed by atoms with van der Waals surface area (Å²) in [5.74, 6) is -0.0653. The summed E-state index contributed by atoms with van der Waals surface area (Å²) in [5.41, 5.74) is 6.38. The second-order valence-electron chi connectivity index (χ2n) is 8.31. The Kier molecular flexibility index (Phi) is 11.2. The fraction of sp³-hybridized carbons (Fsp3) is 0.423. The highest BCUT2D eigenvalue weighted by Crippen LogP contribution is 2.23. The third kappa shape index (κ3) is 8.96. The summed E-state index contributed by atoms with van der Waals surface area (Å²) in [4.78, 5) is 22.6. The van der Waals surface area contributed by atoms with Crippen molar-refractivity contribution in [2.24, 2.45) is 10.1 Å². The number of phenolic OH excluding ortho intramolecular Hbond substituents is 1. The minimum Gasteiger partial charge on any atom is -0.507 e. The quantitative estimate of drug-likeness (QED) is 0.350. The number of anilines is 1. The van der Waals surface area contributed by atoms with E-state index in [1.807, 2.05) is 24.2 Å². The zero-order valence-corrected chi connectivity index (χ0v) is 21.0. The molecular formula is C26H38N6O2. The monoisotopic (exact) mass is 466 g/mol. The normalized spacial score (nSPS) is 11.7. The molecule has 0 aliphatic heterocycles. The molecule has 184 valence electrons. The number of hydrazone groups is 1. The van der Waals surface area contributed by atoms with Crippen molar-refractivity contribution >= 4 is 24.0 Å². The van der Waals surface area contributed by atoms with Gasteiger partial charge in [-0.05, 0) is 51.2 Å². The van der Waals surface area contributed by atoms with E-state index in [4.69, 9.17) is 0 Å². The van der Waals surface area contributed by atoms with E-state index in [1.165, 1.54) is 11.8 Å². The smallest absolute Gasteiger partial charge is 0.254 e. The van der Waals surface area contributed by atoms with Crippen LogP contribution in [0.2, 0.25) is 0 Å². The summed E-state index contributed by atoms with van der Waals surface area (Å²) in [6.45, 7) is 8.54. The number of hydrogen-bond acceptors (Lipinski definition) is 7. The van der Waals surface area contributed by atoms with Crippen molar-refractivity contribution < 1.29 is 9.90 Å². The maximum absolute atomic E-state index is 12.2. The molecule has 0 saturated heterocycles. The first-order chi connectivity index (χ1) is 16.4. The van der Waals surface area contributed by atoms with E-state index < -0.39 is 0 Å². The third-order valence-corrected chi connectivity index (χ3v) is 5.52. The SMILES string of the molecule is CCN(CC)c1ccc(/C=N/NC(=O)CN(C)CCN(C)Cc2ccc(/C=N\C)cc2)c(O)c1. The van der Waals surface area contributed by atoms with Gasteiger partial charge in [0, 0.05) is 63.3 Å². The molecule has 0 spiro atoms. The van der Waals surface area contributed by atoms with Crippen LogP contribution in [0.4, 0.5) is 5.69 Å². The van der Waals surface area contributed by atoms with E-state index in [2.05, 4.69) is 70.5 Å². The molecule has 2 aromatic rings. The van der Waals surface area contributed by atoms with Gasteiger partial charge in [-0.25, -0.2) is 5.43 Å². The Hall–Kier alpha value is -3.23. The molecule has 0 fully saturated rings. The molecule has 0 bridgehead atoms. The highest BCUT2D eigenvalue weighted by atomic mass is 16.3. The van der Waals surface area contributed by atoms with Crippen molar-refractivity contribution in [2.75, 3.05) is 58.8 Å². The molecule has 1 amide bonds. The fourth-order valence-electron chi connectivity index (χ4n) is 3.55. The lowest BCUT2D eigenvalue weighted by atomic mass is 10.1. The molecule has 0 atom stereocenters. The maximum atomic E-state index is 12.2. The Morgan fingerprint density at radius 1 is 1.00 bits per heavy atom. The van der Waals surface area contributed by atoms with Gasteiger partial charge in [0.15, 0.2) is 0 Å². The van der Waals surface area contributed by atoms with Crippen molar-refractivity contribution in [3.63, 3.8) is 0 Å². The Balaban J connectivity index is 1.74. The number of nitrogens with one attached hydrogen (secondary N) is 1. The van der Waals surface area contributed by atoms with Gasteiger partial charge in [0.05, 0.1) is 12.8 Å². The number of carbonyl (C=O) groups excluding carboxylic acids is 1. The van der Waals surface area contributed by atoms with Gasteiger partial charge in [0.25, 0.3) is 5.91 Å². The zero-order valence-electron chi connectivity index (χ0n) is 21.0. The highest BCUT2D eigenvalue weighted by molar-refractivity contribution is 5.86. The van der Waals surface area contributed by atoms with Crippen LogP contribution in [0.15, 0.2) is 52.6 Å². The average Bonchev–Trinajstić information content (AvgIpc) is 2.81. The van der Waals surface area contributed by atoms with E-state index in [9.17, 15) is 9.90 Å². The van der Waals surface area contributed by atoms with Crippen LogP contribution >= 0.6 is 0 Å². The van der Waals surface area contributed by atoms with Crippen molar-refractivity contribution in [3.8, 4) is 5.75 Å². The molecule has 0 aliphatic carbocycles. The van der Waals surface area contributed by atoms with Gasteiger partial charge < -0.3 is 14.9 Å². The number of nitrogens with zero attached hydrogens (tertiary/aromatic N) is 5. The van der Waals surface area contributed by atoms with E-state index >= 15 is 0 Å². The second-order valence-corrected chi connectivity index (χ2v) is 8.31. The Morgan fingerprint density at radius 3 is 2.29 bits per heavy atom. The first-order valence-corrected chi connectivity index (χ1v) is 11.6. The molecule has 0 radical (unpaired) electrons. The number of likely N-dealkylation sites (N-methyl/N-ethyl adjacent to an activating group) is 2. The number of rotatable bonds is 13. The average molecular weight is 467 g/mol. The van der Waals surface area contributed by atoms with Gasteiger partial charge in [0.1, 0.15) is 5.75 Å². The molecule has 0 unspecified atom stereocenters. The maximum Gasteiger partial charge on any atom is 0.254 e. The number of aliphatic imine (C=N–C) groups is 1. The molecule has 34 heavy (non-hydrogen) atoms. The predicted octanol–water partition coefficient (Wildman–Crippen LogP) is 2.80. The van der Waals surface area contributed by atoms with Crippen LogP contribution in [0.5, 0.6) is 5.75 Å². The van der Waals surface area contributed by atoms with E-state index in [0.29, 0.717) is 5.56 Å². The molecule has 2 aromatic carbocycles. The minimum atomic E-state index is -0.200. The minimum absolute atomic E-state index is 0.135. The largest absolute Gasteiger partial charge is 0.507 e. The first-order valence-electron chi connectivity index (χ1n) is 11.6. The van der Waals surface area contributed by atoms with Crippen LogP contribution < -0.4 is 10.3 Å². The van der Waals surface area contributed by atoms with E-state index in [1.54, 1.807) is 19.2 Å². The van der Waals surface area contributed by atoms with Crippen molar-refractivity contribution in [1.82, 2.24) is 15.2 Å². The molecule has 0 heterocycles. The summed E-state index contributed by atoms with van der Waals surface area (Å²) in [6.07, 6.45) is 3.30. The van der Waals surface area contributed by atoms with Crippen LogP contribution in [0.1, 0.15) is 30.5 Å². The Morgan fingerprint density at radius 2 is 1.68 bits per heavy atom. The lowest BCUT2D eigenvalue weighted by Gasteiger charge is -2.21. The van der Waals surface area contributed by atoms with Crippen LogP contribution in [0.3, 0.4) is 0 Å². The number of amides is 1. The standard InChI is InChI=1S/C26H38N6O2/c1-6-32(7-2)24-13-12-23(25(33)16-24)18-28-29-26(34)20-31(5)15-14-30(4)19-22-10-8-21(9-11-22)17-27-3/h8-13,16-18,33H,6-7,14-15,19-20H2,1-5H3,(H,29,34)/b27-17-,28-18+. The fourth-order valence-corrected chi connectivity index (χ4v) is 3.55. The summed E-state index contributed by atoms with van der Waals surface area (Å²) in [5, 5.41) is 14.3. The molecule has 2 N–H and O–H groups in total. The summed E-state index contributed by atoms with van der Waals surface area (Å²) in [6, 6.07) is 13.8.